The minimum absolute atomic E-state index is 0.00863. The molecule has 1 aromatic rings. The first-order valence-electron chi connectivity index (χ1n) is 6.84. The lowest BCUT2D eigenvalue weighted by atomic mass is 10.2. The average molecular weight is 344 g/mol. The fourth-order valence-electron chi connectivity index (χ4n) is 1.62. The normalized spacial score (nSPS) is 11.0. The van der Waals surface area contributed by atoms with Gasteiger partial charge in [-0.15, -0.1) is 0 Å². The Bertz CT molecular complexity index is 627. The van der Waals surface area contributed by atoms with Gasteiger partial charge in [0.2, 0.25) is 15.9 Å². The lowest BCUT2D eigenvalue weighted by Gasteiger charge is -2.08. The smallest absolute Gasteiger partial charge is 0.306 e. The number of carbonyl (C=O) groups is 2. The molecule has 0 aliphatic rings. The second kappa shape index (κ2) is 9.23. The van der Waals surface area contributed by atoms with Gasteiger partial charge < -0.3 is 14.8 Å². The summed E-state index contributed by atoms with van der Waals surface area (Å²) in [6.45, 7) is 0.443. The molecule has 0 heterocycles. The zero-order chi connectivity index (χ0) is 17.3. The summed E-state index contributed by atoms with van der Waals surface area (Å²) in [6.07, 6.45) is -0.0243. The van der Waals surface area contributed by atoms with Gasteiger partial charge in [0.1, 0.15) is 0 Å². The lowest BCUT2D eigenvalue weighted by molar-refractivity contribution is -0.141. The van der Waals surface area contributed by atoms with Crippen LogP contribution in [-0.2, 0) is 29.1 Å². The minimum atomic E-state index is -3.61. The van der Waals surface area contributed by atoms with Crippen LogP contribution in [0.2, 0.25) is 0 Å². The largest absolute Gasteiger partial charge is 0.469 e. The van der Waals surface area contributed by atoms with Gasteiger partial charge in [0, 0.05) is 25.8 Å². The number of methoxy groups -OCH3 is 2. The molecule has 0 fully saturated rings. The van der Waals surface area contributed by atoms with E-state index in [1.165, 1.54) is 38.5 Å². The fourth-order valence-corrected chi connectivity index (χ4v) is 2.63. The van der Waals surface area contributed by atoms with Crippen LogP contribution in [-0.4, -0.2) is 47.7 Å². The molecule has 0 unspecified atom stereocenters. The van der Waals surface area contributed by atoms with Crippen molar-refractivity contribution in [3.63, 3.8) is 0 Å². The Kier molecular flexibility index (Phi) is 7.66. The first-order chi connectivity index (χ1) is 10.9. The van der Waals surface area contributed by atoms with E-state index in [0.717, 1.165) is 0 Å². The van der Waals surface area contributed by atoms with Crippen LogP contribution in [0.1, 0.15) is 12.8 Å². The first-order valence-corrected chi connectivity index (χ1v) is 8.32. The van der Waals surface area contributed by atoms with Crippen molar-refractivity contribution in [3.05, 3.63) is 24.3 Å². The number of hydrogen-bond donors (Lipinski definition) is 2. The van der Waals surface area contributed by atoms with Crippen molar-refractivity contribution in [1.82, 2.24) is 4.72 Å². The second-order valence-electron chi connectivity index (χ2n) is 4.54. The van der Waals surface area contributed by atoms with Gasteiger partial charge in [-0.1, -0.05) is 0 Å². The van der Waals surface area contributed by atoms with E-state index < -0.39 is 16.0 Å². The summed E-state index contributed by atoms with van der Waals surface area (Å²) in [4.78, 5) is 22.7. The van der Waals surface area contributed by atoms with E-state index in [2.05, 4.69) is 14.8 Å². The Balaban J connectivity index is 2.59. The Morgan fingerprint density at radius 3 is 2.30 bits per heavy atom. The fraction of sp³-hybridized carbons (Fsp3) is 0.429. The van der Waals surface area contributed by atoms with E-state index in [9.17, 15) is 18.0 Å². The number of esters is 1. The molecule has 23 heavy (non-hydrogen) atoms. The number of anilines is 1. The maximum atomic E-state index is 11.9. The molecule has 0 spiro atoms. The Morgan fingerprint density at radius 2 is 1.74 bits per heavy atom. The first kappa shape index (κ1) is 19.1. The summed E-state index contributed by atoms with van der Waals surface area (Å²) < 4.78 is 35.5. The van der Waals surface area contributed by atoms with E-state index in [4.69, 9.17) is 4.74 Å². The molecule has 0 aliphatic heterocycles. The molecule has 0 radical (unpaired) electrons. The molecule has 0 aromatic heterocycles. The molecule has 9 heteroatoms. The number of sulfonamides is 1. The predicted octanol–water partition coefficient (Wildman–Crippen LogP) is 0.503. The van der Waals surface area contributed by atoms with Gasteiger partial charge in [-0.05, 0) is 24.3 Å². The van der Waals surface area contributed by atoms with E-state index >= 15 is 0 Å². The van der Waals surface area contributed by atoms with Crippen LogP contribution in [0.25, 0.3) is 0 Å². The number of benzene rings is 1. The number of hydrogen-bond acceptors (Lipinski definition) is 6. The van der Waals surface area contributed by atoms with Crippen LogP contribution in [0.15, 0.2) is 29.2 Å². The SMILES string of the molecule is COCCNS(=O)(=O)c1ccc(NC(=O)CCC(=O)OC)cc1. The summed E-state index contributed by atoms with van der Waals surface area (Å²) in [5, 5.41) is 2.57. The van der Waals surface area contributed by atoms with E-state index in [1.807, 2.05) is 0 Å². The Labute approximate surface area is 135 Å². The summed E-state index contributed by atoms with van der Waals surface area (Å²) in [5.41, 5.74) is 0.440. The number of carbonyl (C=O) groups excluding carboxylic acids is 2. The average Bonchev–Trinajstić information content (AvgIpc) is 2.53. The van der Waals surface area contributed by atoms with Gasteiger partial charge in [0.15, 0.2) is 0 Å². The highest BCUT2D eigenvalue weighted by molar-refractivity contribution is 7.89. The van der Waals surface area contributed by atoms with E-state index in [-0.39, 0.29) is 36.8 Å². The maximum absolute atomic E-state index is 11.9. The third kappa shape index (κ3) is 6.76. The van der Waals surface area contributed by atoms with Crippen LogP contribution in [0, 0.1) is 0 Å². The van der Waals surface area contributed by atoms with E-state index in [1.54, 1.807) is 0 Å². The molecule has 2 N–H and O–H groups in total. The Hall–Kier alpha value is -1.97. The van der Waals surface area contributed by atoms with E-state index in [0.29, 0.717) is 5.69 Å². The number of ether oxygens (including phenoxy) is 2. The summed E-state index contributed by atoms with van der Waals surface area (Å²) in [5.74, 6) is -0.826. The molecule has 0 saturated carbocycles. The van der Waals surface area contributed by atoms with Crippen LogP contribution < -0.4 is 10.0 Å². The van der Waals surface area contributed by atoms with Gasteiger partial charge in [0.25, 0.3) is 0 Å². The topological polar surface area (TPSA) is 111 Å². The third-order valence-electron chi connectivity index (χ3n) is 2.83. The molecular formula is C14H20N2O6S. The van der Waals surface area contributed by atoms with Crippen LogP contribution in [0.3, 0.4) is 0 Å². The second-order valence-corrected chi connectivity index (χ2v) is 6.31. The molecule has 128 valence electrons. The molecule has 8 nitrogen and oxygen atoms in total. The highest BCUT2D eigenvalue weighted by Gasteiger charge is 2.13. The third-order valence-corrected chi connectivity index (χ3v) is 4.31. The zero-order valence-corrected chi connectivity index (χ0v) is 13.8. The van der Waals surface area contributed by atoms with Crippen molar-refractivity contribution in [2.45, 2.75) is 17.7 Å². The minimum Gasteiger partial charge on any atom is -0.469 e. The van der Waals surface area contributed by atoms with Crippen molar-refractivity contribution < 1.29 is 27.5 Å². The van der Waals surface area contributed by atoms with Crippen molar-refractivity contribution >= 4 is 27.6 Å². The van der Waals surface area contributed by atoms with Crippen LogP contribution in [0.5, 0.6) is 0 Å². The molecule has 0 aliphatic carbocycles. The number of amides is 1. The summed E-state index contributed by atoms with van der Waals surface area (Å²) >= 11 is 0. The monoisotopic (exact) mass is 344 g/mol. The number of rotatable bonds is 9. The Morgan fingerprint density at radius 1 is 1.09 bits per heavy atom. The lowest BCUT2D eigenvalue weighted by Crippen LogP contribution is -2.27. The summed E-state index contributed by atoms with van der Waals surface area (Å²) in [6, 6.07) is 5.71. The standard InChI is InChI=1S/C14H20N2O6S/c1-21-10-9-15-23(19,20)12-5-3-11(4-6-12)16-13(17)7-8-14(18)22-2/h3-6,15H,7-10H2,1-2H3,(H,16,17). The van der Waals surface area contributed by atoms with Gasteiger partial charge in [0.05, 0.1) is 25.0 Å². The quantitative estimate of drug-likeness (QED) is 0.499. The van der Waals surface area contributed by atoms with Gasteiger partial charge in [-0.25, -0.2) is 13.1 Å². The number of nitrogens with one attached hydrogen (secondary N) is 2. The zero-order valence-electron chi connectivity index (χ0n) is 13.0. The van der Waals surface area contributed by atoms with Crippen molar-refractivity contribution in [1.29, 1.82) is 0 Å². The highest BCUT2D eigenvalue weighted by Crippen LogP contribution is 2.14. The molecule has 1 rings (SSSR count). The molecule has 0 atom stereocenters. The highest BCUT2D eigenvalue weighted by atomic mass is 32.2. The summed E-state index contributed by atoms with van der Waals surface area (Å²) in [7, 11) is -0.878. The van der Waals surface area contributed by atoms with Crippen LogP contribution in [0.4, 0.5) is 5.69 Å². The van der Waals surface area contributed by atoms with Crippen molar-refractivity contribution in [2.75, 3.05) is 32.7 Å². The van der Waals surface area contributed by atoms with Gasteiger partial charge >= 0.3 is 5.97 Å². The van der Waals surface area contributed by atoms with Gasteiger partial charge in [-0.2, -0.15) is 0 Å². The van der Waals surface area contributed by atoms with Gasteiger partial charge in [-0.3, -0.25) is 9.59 Å². The van der Waals surface area contributed by atoms with Crippen LogP contribution >= 0.6 is 0 Å². The van der Waals surface area contributed by atoms with Crippen molar-refractivity contribution in [2.24, 2.45) is 0 Å². The molecule has 1 aromatic carbocycles. The molecule has 0 bridgehead atoms. The predicted molar refractivity (Wildman–Crippen MR) is 83.4 cm³/mol. The van der Waals surface area contributed by atoms with Crippen molar-refractivity contribution in [3.8, 4) is 0 Å². The maximum Gasteiger partial charge on any atom is 0.306 e. The molecule has 0 saturated heterocycles. The molecular weight excluding hydrogens is 324 g/mol. The molecule has 1 amide bonds.